The zero-order chi connectivity index (χ0) is 16.8. The smallest absolute Gasteiger partial charge is 0.305 e. The number of hydrogen-bond donors (Lipinski definition) is 3. The first-order valence-electron chi connectivity index (χ1n) is 6.88. The first kappa shape index (κ1) is 16.6. The molecule has 0 fully saturated rings. The van der Waals surface area contributed by atoms with Crippen LogP contribution in [-0.4, -0.2) is 18.4 Å². The Bertz CT molecular complexity index is 689. The van der Waals surface area contributed by atoms with Gasteiger partial charge in [-0.3, -0.25) is 20.4 Å². The van der Waals surface area contributed by atoms with Gasteiger partial charge in [0.2, 0.25) is 0 Å². The molecule has 1 aromatic heterocycles. The number of carbonyl (C=O) groups is 2. The van der Waals surface area contributed by atoms with Crippen molar-refractivity contribution in [2.24, 2.45) is 0 Å². The molecule has 4 N–H and O–H groups in total. The molecule has 0 radical (unpaired) electrons. The van der Waals surface area contributed by atoms with Gasteiger partial charge in [-0.2, -0.15) is 0 Å². The molecule has 2 rings (SSSR count). The lowest BCUT2D eigenvalue weighted by Crippen LogP contribution is -2.87. The molecular weight excluding hydrogens is 308 g/mol. The Hall–Kier alpha value is -2.74. The standard InChI is InChI=1S/C15H15F2N3O3/c1-9(11-5-4-10(16)7-12(11)17)18-8-14(21)19-20-15(22)13-3-2-6-23-13/h2-7,9,18H,8H2,1H3,(H,19,21)(H,20,22)/p+1/t9-/m1/s1. The van der Waals surface area contributed by atoms with Gasteiger partial charge in [0.1, 0.15) is 17.7 Å². The highest BCUT2D eigenvalue weighted by atomic mass is 19.1. The third kappa shape index (κ3) is 4.62. The van der Waals surface area contributed by atoms with Crippen LogP contribution in [0.15, 0.2) is 41.0 Å². The maximum atomic E-state index is 13.6. The topological polar surface area (TPSA) is 88.0 Å². The van der Waals surface area contributed by atoms with Crippen molar-refractivity contribution in [3.05, 3.63) is 59.6 Å². The second kappa shape index (κ2) is 7.50. The molecule has 2 aromatic rings. The van der Waals surface area contributed by atoms with Gasteiger partial charge in [0.05, 0.1) is 6.26 Å². The van der Waals surface area contributed by atoms with Crippen LogP contribution in [0.4, 0.5) is 8.78 Å². The van der Waals surface area contributed by atoms with Crippen molar-refractivity contribution in [3.8, 4) is 0 Å². The van der Waals surface area contributed by atoms with Gasteiger partial charge in [-0.25, -0.2) is 8.78 Å². The molecule has 0 saturated carbocycles. The molecule has 122 valence electrons. The molecular formula is C15H16F2N3O3+. The minimum Gasteiger partial charge on any atom is -0.459 e. The number of quaternary nitrogens is 1. The average Bonchev–Trinajstić information content (AvgIpc) is 3.04. The van der Waals surface area contributed by atoms with Crippen LogP contribution in [0.5, 0.6) is 0 Å². The van der Waals surface area contributed by atoms with Crippen molar-refractivity contribution in [2.75, 3.05) is 6.54 Å². The first-order chi connectivity index (χ1) is 11.0. The highest BCUT2D eigenvalue weighted by Gasteiger charge is 2.16. The van der Waals surface area contributed by atoms with Crippen LogP contribution in [-0.2, 0) is 4.79 Å². The molecule has 23 heavy (non-hydrogen) atoms. The van der Waals surface area contributed by atoms with Crippen LogP contribution < -0.4 is 16.2 Å². The van der Waals surface area contributed by atoms with E-state index in [0.29, 0.717) is 5.56 Å². The van der Waals surface area contributed by atoms with E-state index in [1.807, 2.05) is 0 Å². The molecule has 0 spiro atoms. The Balaban J connectivity index is 1.78. The largest absolute Gasteiger partial charge is 0.459 e. The summed E-state index contributed by atoms with van der Waals surface area (Å²) in [6.45, 7) is 1.64. The maximum absolute atomic E-state index is 13.6. The minimum absolute atomic E-state index is 0.0452. The minimum atomic E-state index is -0.666. The van der Waals surface area contributed by atoms with E-state index in [4.69, 9.17) is 4.42 Å². The molecule has 2 amide bonds. The third-order valence-electron chi connectivity index (χ3n) is 3.17. The van der Waals surface area contributed by atoms with Crippen LogP contribution in [0.1, 0.15) is 29.1 Å². The monoisotopic (exact) mass is 324 g/mol. The van der Waals surface area contributed by atoms with E-state index in [2.05, 4.69) is 10.9 Å². The van der Waals surface area contributed by atoms with Gasteiger partial charge >= 0.3 is 5.91 Å². The quantitative estimate of drug-likeness (QED) is 0.706. The molecule has 0 unspecified atom stereocenters. The zero-order valence-corrected chi connectivity index (χ0v) is 12.3. The summed E-state index contributed by atoms with van der Waals surface area (Å²) < 4.78 is 31.3. The van der Waals surface area contributed by atoms with Crippen molar-refractivity contribution in [2.45, 2.75) is 13.0 Å². The fourth-order valence-corrected chi connectivity index (χ4v) is 1.93. The van der Waals surface area contributed by atoms with Crippen molar-refractivity contribution in [1.82, 2.24) is 10.9 Å². The highest BCUT2D eigenvalue weighted by molar-refractivity contribution is 5.92. The molecule has 1 atom stereocenters. The predicted octanol–water partition coefficient (Wildman–Crippen LogP) is 0.643. The molecule has 0 bridgehead atoms. The Labute approximate surface area is 130 Å². The summed E-state index contributed by atoms with van der Waals surface area (Å²) in [5.41, 5.74) is 4.70. The Morgan fingerprint density at radius 2 is 2.04 bits per heavy atom. The van der Waals surface area contributed by atoms with Gasteiger partial charge in [0.15, 0.2) is 12.3 Å². The molecule has 0 aliphatic carbocycles. The van der Waals surface area contributed by atoms with E-state index >= 15 is 0 Å². The number of amides is 2. The number of benzene rings is 1. The van der Waals surface area contributed by atoms with Crippen molar-refractivity contribution < 1.29 is 28.1 Å². The van der Waals surface area contributed by atoms with Gasteiger partial charge in [-0.15, -0.1) is 0 Å². The lowest BCUT2D eigenvalue weighted by molar-refractivity contribution is -0.682. The number of nitrogens with one attached hydrogen (secondary N) is 2. The number of halogens is 2. The van der Waals surface area contributed by atoms with Gasteiger partial charge in [-0.05, 0) is 31.2 Å². The molecule has 0 aliphatic rings. The van der Waals surface area contributed by atoms with E-state index in [0.717, 1.165) is 12.1 Å². The number of furan rings is 1. The molecule has 6 nitrogen and oxygen atoms in total. The lowest BCUT2D eigenvalue weighted by Gasteiger charge is -2.12. The van der Waals surface area contributed by atoms with Crippen LogP contribution in [0, 0.1) is 11.6 Å². The van der Waals surface area contributed by atoms with Gasteiger partial charge in [0, 0.05) is 11.6 Å². The Morgan fingerprint density at radius 1 is 1.26 bits per heavy atom. The van der Waals surface area contributed by atoms with E-state index in [-0.39, 0.29) is 18.3 Å². The number of rotatable bonds is 5. The number of carbonyl (C=O) groups excluding carboxylic acids is 2. The fourth-order valence-electron chi connectivity index (χ4n) is 1.93. The number of nitrogens with two attached hydrogens (primary N) is 1. The van der Waals surface area contributed by atoms with Crippen molar-refractivity contribution >= 4 is 11.8 Å². The summed E-state index contributed by atoms with van der Waals surface area (Å²) in [4.78, 5) is 23.2. The second-order valence-electron chi connectivity index (χ2n) is 4.87. The van der Waals surface area contributed by atoms with E-state index in [9.17, 15) is 18.4 Å². The average molecular weight is 324 g/mol. The van der Waals surface area contributed by atoms with E-state index in [1.54, 1.807) is 18.3 Å². The second-order valence-corrected chi connectivity index (χ2v) is 4.87. The number of hydrogen-bond acceptors (Lipinski definition) is 3. The van der Waals surface area contributed by atoms with Crippen LogP contribution >= 0.6 is 0 Å². The van der Waals surface area contributed by atoms with Crippen molar-refractivity contribution in [3.63, 3.8) is 0 Å². The summed E-state index contributed by atoms with van der Waals surface area (Å²) in [5, 5.41) is 1.56. The van der Waals surface area contributed by atoms with Gasteiger partial charge in [-0.1, -0.05) is 0 Å². The summed E-state index contributed by atoms with van der Waals surface area (Å²) >= 11 is 0. The first-order valence-corrected chi connectivity index (χ1v) is 6.88. The summed E-state index contributed by atoms with van der Waals surface area (Å²) in [7, 11) is 0. The van der Waals surface area contributed by atoms with Crippen LogP contribution in [0.3, 0.4) is 0 Å². The highest BCUT2D eigenvalue weighted by Crippen LogP contribution is 2.14. The van der Waals surface area contributed by atoms with Crippen LogP contribution in [0.2, 0.25) is 0 Å². The SMILES string of the molecule is C[C@@H]([NH2+]CC(=O)NNC(=O)c1ccco1)c1ccc(F)cc1F. The molecule has 0 aliphatic heterocycles. The summed E-state index contributed by atoms with van der Waals surface area (Å²) in [5.74, 6) is -2.31. The van der Waals surface area contributed by atoms with Crippen molar-refractivity contribution in [1.29, 1.82) is 0 Å². The normalized spacial score (nSPS) is 11.8. The third-order valence-corrected chi connectivity index (χ3v) is 3.17. The van der Waals surface area contributed by atoms with E-state index < -0.39 is 23.4 Å². The Morgan fingerprint density at radius 3 is 2.70 bits per heavy atom. The lowest BCUT2D eigenvalue weighted by atomic mass is 10.1. The van der Waals surface area contributed by atoms with Crippen LogP contribution in [0.25, 0.3) is 0 Å². The Kier molecular flexibility index (Phi) is 5.42. The molecule has 0 saturated heterocycles. The molecule has 1 aromatic carbocycles. The molecule has 8 heteroatoms. The number of hydrazine groups is 1. The molecule has 1 heterocycles. The van der Waals surface area contributed by atoms with E-state index in [1.165, 1.54) is 18.4 Å². The van der Waals surface area contributed by atoms with Gasteiger partial charge < -0.3 is 9.73 Å². The fraction of sp³-hybridized carbons (Fsp3) is 0.200. The summed E-state index contributed by atoms with van der Waals surface area (Å²) in [6.07, 6.45) is 1.34. The summed E-state index contributed by atoms with van der Waals surface area (Å²) in [6, 6.07) is 5.90. The zero-order valence-electron chi connectivity index (χ0n) is 12.3. The van der Waals surface area contributed by atoms with Gasteiger partial charge in [0.25, 0.3) is 5.91 Å². The maximum Gasteiger partial charge on any atom is 0.305 e. The predicted molar refractivity (Wildman–Crippen MR) is 75.9 cm³/mol.